The summed E-state index contributed by atoms with van der Waals surface area (Å²) in [5.41, 5.74) is 2.35. The third-order valence-electron chi connectivity index (χ3n) is 8.01. The molecule has 0 unspecified atom stereocenters. The predicted octanol–water partition coefficient (Wildman–Crippen LogP) is 7.94. The number of carbonyl (C=O) groups excluding carboxylic acids is 1. The van der Waals surface area contributed by atoms with Crippen molar-refractivity contribution in [3.05, 3.63) is 23.3 Å². The van der Waals surface area contributed by atoms with Crippen LogP contribution in [0.15, 0.2) is 12.1 Å². The lowest BCUT2D eigenvalue weighted by atomic mass is 9.69. The molecule has 0 saturated heterocycles. The molecule has 0 N–H and O–H groups in total. The monoisotopic (exact) mass is 428 g/mol. The Morgan fingerprint density at radius 2 is 1.58 bits per heavy atom. The molecule has 0 aliphatic heterocycles. The Labute approximate surface area is 190 Å². The lowest BCUT2D eigenvalue weighted by Gasteiger charge is -2.37. The van der Waals surface area contributed by atoms with E-state index in [0.717, 1.165) is 35.3 Å². The zero-order valence-corrected chi connectivity index (χ0v) is 20.6. The zero-order chi connectivity index (χ0) is 22.4. The lowest BCUT2D eigenvalue weighted by molar-refractivity contribution is -0.131. The van der Waals surface area contributed by atoms with E-state index in [1.165, 1.54) is 83.1 Å². The Bertz CT molecular complexity index is 722. The van der Waals surface area contributed by atoms with Crippen molar-refractivity contribution in [2.45, 2.75) is 116 Å². The lowest BCUT2D eigenvalue weighted by Crippen LogP contribution is -2.24. The summed E-state index contributed by atoms with van der Waals surface area (Å²) in [5.74, 6) is 3.62. The van der Waals surface area contributed by atoms with Crippen LogP contribution >= 0.6 is 0 Å². The molecular weight excluding hydrogens is 384 g/mol. The molecule has 0 bridgehead atoms. The molecule has 2 saturated carbocycles. The van der Waals surface area contributed by atoms with Gasteiger partial charge in [0, 0.05) is 12.5 Å². The SMILES string of the molecule is CCCCC(C)(C)c1cc(OC)c(C2CCC(C3CCCCC3)CC2)c(OC(C)=O)c1. The summed E-state index contributed by atoms with van der Waals surface area (Å²) in [7, 11) is 1.76. The normalized spacial score (nSPS) is 22.9. The second-order valence-corrected chi connectivity index (χ2v) is 10.7. The molecule has 0 spiro atoms. The number of ether oxygens (including phenoxy) is 2. The topological polar surface area (TPSA) is 35.5 Å². The predicted molar refractivity (Wildman–Crippen MR) is 128 cm³/mol. The summed E-state index contributed by atoms with van der Waals surface area (Å²) in [6.45, 7) is 8.30. The van der Waals surface area contributed by atoms with Crippen molar-refractivity contribution in [2.75, 3.05) is 7.11 Å². The van der Waals surface area contributed by atoms with E-state index in [1.807, 2.05) is 0 Å². The molecule has 0 radical (unpaired) electrons. The summed E-state index contributed by atoms with van der Waals surface area (Å²) in [6.07, 6.45) is 15.5. The maximum Gasteiger partial charge on any atom is 0.308 e. The van der Waals surface area contributed by atoms with Crippen LogP contribution in [-0.2, 0) is 10.2 Å². The average molecular weight is 429 g/mol. The number of rotatable bonds is 8. The van der Waals surface area contributed by atoms with Crippen LogP contribution in [0.2, 0.25) is 0 Å². The van der Waals surface area contributed by atoms with E-state index < -0.39 is 0 Å². The summed E-state index contributed by atoms with van der Waals surface area (Å²) < 4.78 is 11.7. The van der Waals surface area contributed by atoms with E-state index in [2.05, 4.69) is 32.9 Å². The van der Waals surface area contributed by atoms with Crippen molar-refractivity contribution in [3.63, 3.8) is 0 Å². The Hall–Kier alpha value is -1.51. The van der Waals surface area contributed by atoms with Crippen molar-refractivity contribution in [1.82, 2.24) is 0 Å². The van der Waals surface area contributed by atoms with Crippen molar-refractivity contribution in [2.24, 2.45) is 11.8 Å². The minimum Gasteiger partial charge on any atom is -0.496 e. The van der Waals surface area contributed by atoms with Crippen LogP contribution in [0.3, 0.4) is 0 Å². The Balaban J connectivity index is 1.85. The van der Waals surface area contributed by atoms with E-state index in [9.17, 15) is 4.79 Å². The van der Waals surface area contributed by atoms with Crippen molar-refractivity contribution in [1.29, 1.82) is 0 Å². The summed E-state index contributed by atoms with van der Waals surface area (Å²) in [6, 6.07) is 4.34. The number of hydrogen-bond acceptors (Lipinski definition) is 3. The molecule has 0 amide bonds. The highest BCUT2D eigenvalue weighted by Crippen LogP contribution is 2.49. The standard InChI is InChI=1S/C28H44O3/c1-6-7-17-28(3,4)24-18-25(30-5)27(26(19-24)31-20(2)29)23-15-13-22(14-16-23)21-11-9-8-10-12-21/h18-19,21-23H,6-17H2,1-5H3. The van der Waals surface area contributed by atoms with Crippen LogP contribution < -0.4 is 9.47 Å². The number of methoxy groups -OCH3 is 1. The van der Waals surface area contributed by atoms with Crippen LogP contribution in [0.1, 0.15) is 122 Å². The van der Waals surface area contributed by atoms with E-state index in [0.29, 0.717) is 5.92 Å². The molecule has 2 aliphatic carbocycles. The first-order chi connectivity index (χ1) is 14.9. The molecule has 31 heavy (non-hydrogen) atoms. The molecule has 3 heteroatoms. The van der Waals surface area contributed by atoms with Crippen LogP contribution in [0.25, 0.3) is 0 Å². The number of carbonyl (C=O) groups is 1. The number of esters is 1. The molecule has 0 heterocycles. The fourth-order valence-electron chi connectivity index (χ4n) is 6.05. The summed E-state index contributed by atoms with van der Waals surface area (Å²) >= 11 is 0. The van der Waals surface area contributed by atoms with Gasteiger partial charge >= 0.3 is 5.97 Å². The van der Waals surface area contributed by atoms with Gasteiger partial charge in [0.05, 0.1) is 7.11 Å². The van der Waals surface area contributed by atoms with Crippen LogP contribution in [-0.4, -0.2) is 13.1 Å². The number of benzene rings is 1. The van der Waals surface area contributed by atoms with Gasteiger partial charge in [0.2, 0.25) is 0 Å². The first kappa shape index (κ1) is 24.1. The molecule has 3 rings (SSSR count). The Kier molecular flexibility index (Phi) is 8.47. The van der Waals surface area contributed by atoms with E-state index in [4.69, 9.17) is 9.47 Å². The van der Waals surface area contributed by atoms with Crippen LogP contribution in [0, 0.1) is 11.8 Å². The molecule has 0 aromatic heterocycles. The number of hydrogen-bond donors (Lipinski definition) is 0. The second kappa shape index (κ2) is 10.9. The van der Waals surface area contributed by atoms with Gasteiger partial charge in [-0.25, -0.2) is 0 Å². The first-order valence-electron chi connectivity index (χ1n) is 12.8. The second-order valence-electron chi connectivity index (χ2n) is 10.7. The molecule has 1 aromatic rings. The Morgan fingerprint density at radius 3 is 2.16 bits per heavy atom. The van der Waals surface area contributed by atoms with Gasteiger partial charge in [0.25, 0.3) is 0 Å². The third kappa shape index (κ3) is 6.05. The van der Waals surface area contributed by atoms with E-state index in [-0.39, 0.29) is 11.4 Å². The van der Waals surface area contributed by atoms with Crippen molar-refractivity contribution >= 4 is 5.97 Å². The third-order valence-corrected chi connectivity index (χ3v) is 8.01. The van der Waals surface area contributed by atoms with E-state index >= 15 is 0 Å². The van der Waals surface area contributed by atoms with Crippen LogP contribution in [0.5, 0.6) is 11.5 Å². The van der Waals surface area contributed by atoms with Crippen molar-refractivity contribution in [3.8, 4) is 11.5 Å². The van der Waals surface area contributed by atoms with Gasteiger partial charge in [0.15, 0.2) is 0 Å². The highest BCUT2D eigenvalue weighted by molar-refractivity contribution is 5.71. The van der Waals surface area contributed by atoms with Gasteiger partial charge in [-0.1, -0.05) is 65.7 Å². The smallest absolute Gasteiger partial charge is 0.308 e. The fraction of sp³-hybridized carbons (Fsp3) is 0.750. The Morgan fingerprint density at radius 1 is 0.968 bits per heavy atom. The summed E-state index contributed by atoms with van der Waals surface area (Å²) in [4.78, 5) is 12.0. The highest BCUT2D eigenvalue weighted by Gasteiger charge is 2.33. The molecule has 1 aromatic carbocycles. The van der Waals surface area contributed by atoms with Gasteiger partial charge in [-0.05, 0) is 73.0 Å². The van der Waals surface area contributed by atoms with Crippen LogP contribution in [0.4, 0.5) is 0 Å². The van der Waals surface area contributed by atoms with Gasteiger partial charge in [-0.2, -0.15) is 0 Å². The number of unbranched alkanes of at least 4 members (excludes halogenated alkanes) is 1. The fourth-order valence-corrected chi connectivity index (χ4v) is 6.05. The van der Waals surface area contributed by atoms with Crippen molar-refractivity contribution < 1.29 is 14.3 Å². The molecule has 174 valence electrons. The minimum atomic E-state index is -0.247. The average Bonchev–Trinajstić information content (AvgIpc) is 2.77. The minimum absolute atomic E-state index is 0.0232. The zero-order valence-electron chi connectivity index (χ0n) is 20.6. The van der Waals surface area contributed by atoms with Gasteiger partial charge in [0.1, 0.15) is 11.5 Å². The highest BCUT2D eigenvalue weighted by atomic mass is 16.5. The largest absolute Gasteiger partial charge is 0.496 e. The summed E-state index contributed by atoms with van der Waals surface area (Å²) in [5, 5.41) is 0. The van der Waals surface area contributed by atoms with E-state index in [1.54, 1.807) is 7.11 Å². The molecule has 3 nitrogen and oxygen atoms in total. The maximum atomic E-state index is 12.0. The first-order valence-corrected chi connectivity index (χ1v) is 12.8. The maximum absolute atomic E-state index is 12.0. The van der Waals surface area contributed by atoms with Gasteiger partial charge < -0.3 is 9.47 Å². The molecule has 0 atom stereocenters. The molecule has 2 aliphatic rings. The quantitative estimate of drug-likeness (QED) is 0.311. The van der Waals surface area contributed by atoms with Gasteiger partial charge in [-0.3, -0.25) is 4.79 Å². The molecular formula is C28H44O3. The van der Waals surface area contributed by atoms with Gasteiger partial charge in [-0.15, -0.1) is 0 Å². The molecule has 2 fully saturated rings.